The first-order valence-corrected chi connectivity index (χ1v) is 18.9. The number of benzene rings is 2. The van der Waals surface area contributed by atoms with Crippen molar-refractivity contribution in [3.8, 4) is 0 Å². The number of halogens is 8. The Kier molecular flexibility index (Phi) is 26.1. The summed E-state index contributed by atoms with van der Waals surface area (Å²) in [7, 11) is 0. The van der Waals surface area contributed by atoms with Gasteiger partial charge in [0.2, 0.25) is 11.8 Å². The molecule has 0 unspecified atom stereocenters. The molecule has 0 saturated carbocycles. The van der Waals surface area contributed by atoms with Crippen LogP contribution < -0.4 is 9.80 Å². The van der Waals surface area contributed by atoms with Gasteiger partial charge in [-0.2, -0.15) is 36.4 Å². The standard InChI is InChI=1S/2C15H18Cl2F2NO.2C5H5.Ti/c2*1-3-4-7-20(14(21)15(2,9-16)10-17)13-6-5-11(18)8-12(13)19;2*1-2-4-5-3-1;/h2*5-6H,3-4,7,9-10H2,1-2H3;2*1-5H;/q4*-1;+4. The summed E-state index contributed by atoms with van der Waals surface area (Å²) in [5.41, 5.74) is -2.01. The van der Waals surface area contributed by atoms with Crippen molar-refractivity contribution in [1.82, 2.24) is 0 Å². The number of carbonyl (C=O) groups is 2. The zero-order valence-corrected chi connectivity index (χ0v) is 35.0. The summed E-state index contributed by atoms with van der Waals surface area (Å²) in [4.78, 5) is 27.9. The van der Waals surface area contributed by atoms with E-state index in [-0.39, 0.29) is 68.4 Å². The second-order valence-electron chi connectivity index (χ2n) is 12.2. The number of alkyl halides is 4. The van der Waals surface area contributed by atoms with Crippen LogP contribution in [0.2, 0.25) is 0 Å². The van der Waals surface area contributed by atoms with Gasteiger partial charge >= 0.3 is 21.7 Å². The maximum atomic E-state index is 13.9. The van der Waals surface area contributed by atoms with Crippen LogP contribution in [0.3, 0.4) is 0 Å². The maximum Gasteiger partial charge on any atom is 4.00 e. The van der Waals surface area contributed by atoms with Crippen molar-refractivity contribution in [2.75, 3.05) is 46.4 Å². The summed E-state index contributed by atoms with van der Waals surface area (Å²) in [6.07, 6.45) is 3.02. The molecule has 4 nitrogen and oxygen atoms in total. The molecule has 2 amide bonds. The van der Waals surface area contributed by atoms with Crippen molar-refractivity contribution >= 4 is 69.6 Å². The minimum Gasteiger partial charge on any atom is -0.363 e. The van der Waals surface area contributed by atoms with Gasteiger partial charge < -0.3 is 9.80 Å². The average Bonchev–Trinajstić information content (AvgIpc) is 3.93. The predicted molar refractivity (Wildman–Crippen MR) is 208 cm³/mol. The normalized spacial score (nSPS) is 10.6. The summed E-state index contributed by atoms with van der Waals surface area (Å²) in [6.45, 7) is 7.79. The molecule has 13 heteroatoms. The molecule has 0 saturated heterocycles. The summed E-state index contributed by atoms with van der Waals surface area (Å²) in [5.74, 6) is -4.09. The van der Waals surface area contributed by atoms with Crippen molar-refractivity contribution in [3.63, 3.8) is 0 Å². The van der Waals surface area contributed by atoms with Crippen LogP contribution in [0, 0.1) is 46.2 Å². The number of carbonyl (C=O) groups excluding carboxylic acids is 2. The molecule has 4 rings (SSSR count). The molecule has 0 aromatic heterocycles. The minimum absolute atomic E-state index is 0. The van der Waals surface area contributed by atoms with E-state index in [0.29, 0.717) is 25.9 Å². The molecular weight excluding hydrogens is 806 g/mol. The van der Waals surface area contributed by atoms with E-state index in [1.165, 1.54) is 21.9 Å². The van der Waals surface area contributed by atoms with Crippen LogP contribution in [0.15, 0.2) is 84.9 Å². The number of rotatable bonds is 14. The SMILES string of the molecule is CCCCN(C(=O)C(C)(CCl)CCl)c1ccc(F)[c-]c1F.CCCCN(C(=O)C(C)(CCl)CCl)c1ccc(F)[c-]c1F.[Ti+4].c1cc[cH-]c1.c1cc[cH-]c1. The largest absolute Gasteiger partial charge is 4.00 e. The van der Waals surface area contributed by atoms with E-state index in [2.05, 4.69) is 0 Å². The molecule has 288 valence electrons. The van der Waals surface area contributed by atoms with Gasteiger partial charge in [0.15, 0.2) is 0 Å². The number of amides is 2. The molecule has 53 heavy (non-hydrogen) atoms. The van der Waals surface area contributed by atoms with Gasteiger partial charge in [-0.1, -0.05) is 26.7 Å². The van der Waals surface area contributed by atoms with Crippen LogP contribution in [0.5, 0.6) is 0 Å². The number of hydrogen-bond acceptors (Lipinski definition) is 2. The molecule has 0 aliphatic rings. The quantitative estimate of drug-likeness (QED) is 0.0549. The van der Waals surface area contributed by atoms with E-state index in [1.54, 1.807) is 13.8 Å². The summed E-state index contributed by atoms with van der Waals surface area (Å²) in [5, 5.41) is 0. The van der Waals surface area contributed by atoms with E-state index < -0.39 is 34.1 Å². The van der Waals surface area contributed by atoms with E-state index in [4.69, 9.17) is 46.4 Å². The fraction of sp³-hybridized carbons (Fsp3) is 0.400. The van der Waals surface area contributed by atoms with Crippen LogP contribution in [-0.4, -0.2) is 48.4 Å². The van der Waals surface area contributed by atoms with Crippen molar-refractivity contribution in [3.05, 3.63) is 120 Å². The molecule has 0 N–H and O–H groups in total. The Bertz CT molecular complexity index is 1400. The van der Waals surface area contributed by atoms with E-state index in [0.717, 1.165) is 25.0 Å². The van der Waals surface area contributed by atoms with Gasteiger partial charge in [0, 0.05) is 59.9 Å². The molecule has 0 heterocycles. The fourth-order valence-corrected chi connectivity index (χ4v) is 5.21. The molecule has 0 atom stereocenters. The number of nitrogens with zero attached hydrogens (tertiary/aromatic N) is 2. The Balaban J connectivity index is 0.000000791. The number of anilines is 2. The van der Waals surface area contributed by atoms with E-state index in [1.807, 2.05) is 86.6 Å². The Labute approximate surface area is 347 Å². The molecule has 4 aromatic rings. The second kappa shape index (κ2) is 27.3. The predicted octanol–water partition coefficient (Wildman–Crippen LogP) is 11.6. The smallest absolute Gasteiger partial charge is 0.363 e. The first-order valence-electron chi connectivity index (χ1n) is 16.7. The van der Waals surface area contributed by atoms with Gasteiger partial charge in [0.25, 0.3) is 0 Å². The molecule has 0 aliphatic heterocycles. The van der Waals surface area contributed by atoms with Gasteiger partial charge in [0.1, 0.15) is 0 Å². The molecule has 0 fully saturated rings. The molecular formula is C40H46Cl4F4N2O2Ti. The second-order valence-corrected chi connectivity index (χ2v) is 13.3. The number of unbranched alkanes of at least 4 members (excludes halogenated alkanes) is 2. The van der Waals surface area contributed by atoms with Gasteiger partial charge in [-0.05, 0) is 38.1 Å². The van der Waals surface area contributed by atoms with Crippen molar-refractivity contribution < 1.29 is 48.9 Å². The van der Waals surface area contributed by atoms with Gasteiger partial charge in [-0.25, -0.2) is 41.8 Å². The van der Waals surface area contributed by atoms with Crippen LogP contribution in [0.4, 0.5) is 28.9 Å². The first-order chi connectivity index (χ1) is 24.8. The third-order valence-corrected chi connectivity index (χ3v) is 9.91. The van der Waals surface area contributed by atoms with Crippen LogP contribution in [-0.2, 0) is 31.3 Å². The summed E-state index contributed by atoms with van der Waals surface area (Å²) in [6, 6.07) is 28.5. The minimum atomic E-state index is -1.00. The van der Waals surface area contributed by atoms with Crippen LogP contribution in [0.1, 0.15) is 53.4 Å². The van der Waals surface area contributed by atoms with Crippen LogP contribution in [0.25, 0.3) is 0 Å². The first kappa shape index (κ1) is 50.7. The van der Waals surface area contributed by atoms with Gasteiger partial charge in [-0.3, -0.25) is 9.59 Å². The molecule has 0 bridgehead atoms. The Morgan fingerprint density at radius 3 is 1.13 bits per heavy atom. The van der Waals surface area contributed by atoms with Crippen molar-refractivity contribution in [2.24, 2.45) is 10.8 Å². The Hall–Kier alpha value is -2.33. The van der Waals surface area contributed by atoms with E-state index >= 15 is 0 Å². The summed E-state index contributed by atoms with van der Waals surface area (Å²) < 4.78 is 53.8. The zero-order chi connectivity index (χ0) is 39.2. The molecule has 0 radical (unpaired) electrons. The van der Waals surface area contributed by atoms with E-state index in [9.17, 15) is 27.2 Å². The Morgan fingerprint density at radius 1 is 0.623 bits per heavy atom. The average molecular weight is 852 g/mol. The van der Waals surface area contributed by atoms with Gasteiger partial charge in [-0.15, -0.1) is 82.8 Å². The third kappa shape index (κ3) is 16.9. The fourth-order valence-electron chi connectivity index (χ4n) is 4.18. The molecule has 0 spiro atoms. The topological polar surface area (TPSA) is 40.6 Å². The zero-order valence-electron chi connectivity index (χ0n) is 30.4. The maximum absolute atomic E-state index is 13.9. The molecule has 0 aliphatic carbocycles. The van der Waals surface area contributed by atoms with Crippen molar-refractivity contribution in [2.45, 2.75) is 53.4 Å². The van der Waals surface area contributed by atoms with Crippen LogP contribution >= 0.6 is 46.4 Å². The third-order valence-electron chi connectivity index (χ3n) is 7.55. The Morgan fingerprint density at radius 2 is 0.925 bits per heavy atom. The van der Waals surface area contributed by atoms with Gasteiger partial charge in [0.05, 0.1) is 10.8 Å². The number of hydrogen-bond donors (Lipinski definition) is 0. The monoisotopic (exact) mass is 850 g/mol. The summed E-state index contributed by atoms with van der Waals surface area (Å²) >= 11 is 23.4. The molecule has 4 aromatic carbocycles. The van der Waals surface area contributed by atoms with Crippen molar-refractivity contribution in [1.29, 1.82) is 0 Å².